The predicted molar refractivity (Wildman–Crippen MR) is 196 cm³/mol. The third-order valence-electron chi connectivity index (χ3n) is 9.85. The Balaban J connectivity index is 1.42. The van der Waals surface area contributed by atoms with Crippen molar-refractivity contribution in [3.8, 4) is 11.5 Å². The van der Waals surface area contributed by atoms with Crippen molar-refractivity contribution in [3.05, 3.63) is 101 Å². The van der Waals surface area contributed by atoms with Crippen molar-refractivity contribution in [2.75, 3.05) is 7.05 Å². The van der Waals surface area contributed by atoms with Gasteiger partial charge >= 0.3 is 0 Å². The van der Waals surface area contributed by atoms with E-state index in [1.54, 1.807) is 24.2 Å². The maximum absolute atomic E-state index is 15.3. The zero-order valence-corrected chi connectivity index (χ0v) is 29.8. The normalized spacial score (nSPS) is 14.7. The standard InChI is InChI=1S/C41H49F3N4O/c1-8-12-34-33-18-22-48(44)37(33)25-36(43)38(34)49-31-16-17-35(42)30(24-31)27-47(7)46-39(45-6)32(15-11-19-40(3,4)9-2)29-14-10-13-28(23-29)26-41(5)20-21-41/h10,13-18,22-25H,6,8-9,11-12,19-21,26-27H2,1-5,7H3/b32-15+,46-39-. The van der Waals surface area contributed by atoms with E-state index in [0.29, 0.717) is 45.4 Å². The van der Waals surface area contributed by atoms with Crippen LogP contribution in [0.25, 0.3) is 16.5 Å². The number of aliphatic imine (C=N–C) groups is 1. The number of hydrazone groups is 1. The molecule has 0 N–H and O–H groups in total. The van der Waals surface area contributed by atoms with Gasteiger partial charge in [0, 0.05) is 41.4 Å². The van der Waals surface area contributed by atoms with E-state index in [1.807, 2.05) is 6.92 Å². The highest BCUT2D eigenvalue weighted by molar-refractivity contribution is 6.24. The molecule has 1 aromatic heterocycles. The SMILES string of the molecule is C=NC(=N\N(C)Cc1cc(Oc2c(F)cc3c(ccn3F)c2CCC)ccc1F)/C(=C/CCC(C)(C)CC)c1cccc(CC2(C)CC2)c1. The maximum Gasteiger partial charge on any atom is 0.178 e. The summed E-state index contributed by atoms with van der Waals surface area (Å²) in [7, 11) is 1.76. The highest BCUT2D eigenvalue weighted by Gasteiger charge is 2.37. The largest absolute Gasteiger partial charge is 0.454 e. The number of rotatable bonds is 15. The Hall–Kier alpha value is -4.33. The summed E-state index contributed by atoms with van der Waals surface area (Å²) in [5.41, 5.74) is 4.82. The molecule has 5 nitrogen and oxygen atoms in total. The molecule has 8 heteroatoms. The van der Waals surface area contributed by atoms with Crippen LogP contribution in [0.3, 0.4) is 0 Å². The van der Waals surface area contributed by atoms with Crippen LogP contribution in [0.2, 0.25) is 0 Å². The van der Waals surface area contributed by atoms with Gasteiger partial charge in [0.05, 0.1) is 12.1 Å². The monoisotopic (exact) mass is 670 g/mol. The Labute approximate surface area is 289 Å². The van der Waals surface area contributed by atoms with Crippen LogP contribution in [0.1, 0.15) is 95.4 Å². The zero-order valence-electron chi connectivity index (χ0n) is 29.8. The van der Waals surface area contributed by atoms with E-state index in [9.17, 15) is 4.48 Å². The van der Waals surface area contributed by atoms with Gasteiger partial charge in [0.15, 0.2) is 17.4 Å². The topological polar surface area (TPSA) is 42.1 Å². The number of hydrogen-bond acceptors (Lipinski definition) is 3. The number of benzene rings is 3. The summed E-state index contributed by atoms with van der Waals surface area (Å²) in [5.74, 6) is -0.382. The van der Waals surface area contributed by atoms with Gasteiger partial charge in [-0.25, -0.2) is 13.8 Å². The molecule has 1 saturated carbocycles. The van der Waals surface area contributed by atoms with Crippen LogP contribution < -0.4 is 4.74 Å². The van der Waals surface area contributed by atoms with Gasteiger partial charge in [-0.3, -0.25) is 5.01 Å². The first-order valence-electron chi connectivity index (χ1n) is 17.4. The number of ether oxygens (including phenoxy) is 1. The minimum absolute atomic E-state index is 0.0153. The van der Waals surface area contributed by atoms with Crippen LogP contribution in [0.4, 0.5) is 13.3 Å². The van der Waals surface area contributed by atoms with E-state index < -0.39 is 11.6 Å². The number of amidine groups is 1. The smallest absolute Gasteiger partial charge is 0.178 e. The summed E-state index contributed by atoms with van der Waals surface area (Å²) in [4.78, 5) is 4.76. The van der Waals surface area contributed by atoms with E-state index in [4.69, 9.17) is 9.84 Å². The van der Waals surface area contributed by atoms with E-state index in [-0.39, 0.29) is 29.0 Å². The van der Waals surface area contributed by atoms with Gasteiger partial charge in [0.1, 0.15) is 11.6 Å². The Bertz CT molecular complexity index is 1870. The summed E-state index contributed by atoms with van der Waals surface area (Å²) in [6.07, 6.45) is 11.1. The van der Waals surface area contributed by atoms with Crippen LogP contribution in [0.15, 0.2) is 77.0 Å². The number of hydrogen-bond donors (Lipinski definition) is 0. The van der Waals surface area contributed by atoms with E-state index in [2.05, 4.69) is 69.7 Å². The van der Waals surface area contributed by atoms with Crippen molar-refractivity contribution in [1.82, 2.24) is 9.80 Å². The summed E-state index contributed by atoms with van der Waals surface area (Å²) in [6.45, 7) is 15.0. The number of allylic oxidation sites excluding steroid dienone is 1. The predicted octanol–water partition coefficient (Wildman–Crippen LogP) is 11.5. The van der Waals surface area contributed by atoms with Gasteiger partial charge in [0.25, 0.3) is 0 Å². The molecule has 0 unspecified atom stereocenters. The second-order valence-electron chi connectivity index (χ2n) is 14.6. The molecule has 1 fully saturated rings. The number of aromatic nitrogens is 1. The van der Waals surface area contributed by atoms with Crippen LogP contribution in [-0.2, 0) is 19.4 Å². The van der Waals surface area contributed by atoms with Crippen molar-refractivity contribution >= 4 is 29.0 Å². The molecule has 0 radical (unpaired) electrons. The first-order chi connectivity index (χ1) is 23.3. The molecule has 5 rings (SSSR count). The number of fused-ring (bicyclic) bond motifs is 1. The summed E-state index contributed by atoms with van der Waals surface area (Å²) >= 11 is 0. The third-order valence-corrected chi connectivity index (χ3v) is 9.85. The molecule has 1 heterocycles. The lowest BCUT2D eigenvalue weighted by Gasteiger charge is -2.22. The molecule has 0 atom stereocenters. The van der Waals surface area contributed by atoms with Crippen molar-refractivity contribution in [2.45, 2.75) is 92.5 Å². The van der Waals surface area contributed by atoms with Crippen molar-refractivity contribution < 1.29 is 18.0 Å². The molecule has 1 aliphatic rings. The zero-order chi connectivity index (χ0) is 35.3. The molecular weight excluding hydrogens is 621 g/mol. The van der Waals surface area contributed by atoms with Gasteiger partial charge < -0.3 is 4.74 Å². The second kappa shape index (κ2) is 15.1. The molecule has 49 heavy (non-hydrogen) atoms. The molecule has 3 aromatic carbocycles. The molecule has 0 saturated heterocycles. The molecule has 260 valence electrons. The lowest BCUT2D eigenvalue weighted by molar-refractivity contribution is 0.325. The molecular formula is C41H49F3N4O. The van der Waals surface area contributed by atoms with E-state index >= 15 is 8.78 Å². The van der Waals surface area contributed by atoms with Gasteiger partial charge in [-0.05, 0) is 91.5 Å². The van der Waals surface area contributed by atoms with Gasteiger partial charge in [0.2, 0.25) is 0 Å². The highest BCUT2D eigenvalue weighted by atomic mass is 19.2. The first kappa shape index (κ1) is 36.0. The molecule has 1 aliphatic carbocycles. The number of nitrogens with zero attached hydrogens (tertiary/aromatic N) is 4. The Morgan fingerprint density at radius 2 is 1.86 bits per heavy atom. The Morgan fingerprint density at radius 1 is 1.08 bits per heavy atom. The molecule has 0 spiro atoms. The quantitative estimate of drug-likeness (QED) is 0.0718. The summed E-state index contributed by atoms with van der Waals surface area (Å²) < 4.78 is 50.8. The van der Waals surface area contributed by atoms with Crippen LogP contribution in [0.5, 0.6) is 11.5 Å². The lowest BCUT2D eigenvalue weighted by Crippen LogP contribution is -2.15. The second-order valence-corrected chi connectivity index (χ2v) is 14.6. The third kappa shape index (κ3) is 8.83. The van der Waals surface area contributed by atoms with Crippen molar-refractivity contribution in [1.29, 1.82) is 0 Å². The first-order valence-corrected chi connectivity index (χ1v) is 17.4. The number of halogens is 3. The maximum atomic E-state index is 15.3. The Morgan fingerprint density at radius 3 is 2.55 bits per heavy atom. The average Bonchev–Trinajstić information content (AvgIpc) is 3.68. The lowest BCUT2D eigenvalue weighted by atomic mass is 9.84. The van der Waals surface area contributed by atoms with Gasteiger partial charge in [-0.1, -0.05) is 82.3 Å². The van der Waals surface area contributed by atoms with Crippen LogP contribution >= 0.6 is 0 Å². The van der Waals surface area contributed by atoms with Crippen molar-refractivity contribution in [2.24, 2.45) is 20.9 Å². The highest BCUT2D eigenvalue weighted by Crippen LogP contribution is 2.47. The fraction of sp³-hybridized carbons (Fsp3) is 0.415. The van der Waals surface area contributed by atoms with Crippen LogP contribution in [-0.4, -0.2) is 29.4 Å². The van der Waals surface area contributed by atoms with Crippen LogP contribution in [0, 0.1) is 22.5 Å². The average molecular weight is 671 g/mol. The van der Waals surface area contributed by atoms with Gasteiger partial charge in [-0.15, -0.1) is 0 Å². The van der Waals surface area contributed by atoms with Crippen molar-refractivity contribution in [3.63, 3.8) is 0 Å². The summed E-state index contributed by atoms with van der Waals surface area (Å²) in [6, 6.07) is 15.6. The van der Waals surface area contributed by atoms with Gasteiger partial charge in [-0.2, -0.15) is 9.89 Å². The Kier molecular flexibility index (Phi) is 11.1. The minimum Gasteiger partial charge on any atom is -0.454 e. The van der Waals surface area contributed by atoms with E-state index in [0.717, 1.165) is 42.9 Å². The van der Waals surface area contributed by atoms with E-state index in [1.165, 1.54) is 36.7 Å². The molecule has 4 aromatic rings. The molecule has 0 aliphatic heterocycles. The molecule has 0 amide bonds. The number of aryl methyl sites for hydroxylation is 1. The fourth-order valence-electron chi connectivity index (χ4n) is 6.20. The summed E-state index contributed by atoms with van der Waals surface area (Å²) in [5, 5.41) is 7.02. The molecule has 0 bridgehead atoms. The fourth-order valence-corrected chi connectivity index (χ4v) is 6.20. The minimum atomic E-state index is -0.681.